The minimum absolute atomic E-state index is 0.370. The number of ether oxygens (including phenoxy) is 1. The number of carbonyl (C=O) groups is 1. The highest BCUT2D eigenvalue weighted by atomic mass is 32.1. The molecular weight excluding hydrogens is 314 g/mol. The van der Waals surface area contributed by atoms with E-state index in [2.05, 4.69) is 9.88 Å². The van der Waals surface area contributed by atoms with Crippen LogP contribution in [0.25, 0.3) is 10.6 Å². The van der Waals surface area contributed by atoms with E-state index in [1.54, 1.807) is 18.4 Å². The molecule has 1 aliphatic heterocycles. The highest BCUT2D eigenvalue weighted by Crippen LogP contribution is 2.29. The van der Waals surface area contributed by atoms with Crippen LogP contribution in [0.5, 0.6) is 5.75 Å². The van der Waals surface area contributed by atoms with E-state index in [9.17, 15) is 9.90 Å². The van der Waals surface area contributed by atoms with Crippen molar-refractivity contribution < 1.29 is 14.6 Å². The molecule has 1 aliphatic rings. The second-order valence-electron chi connectivity index (χ2n) is 5.79. The SMILES string of the molecule is COc1cccc(-c2ncc(CN3CC[C@@](N)(C(=O)O)C3)s2)c1. The van der Waals surface area contributed by atoms with Crippen LogP contribution in [0.1, 0.15) is 11.3 Å². The van der Waals surface area contributed by atoms with Crippen molar-refractivity contribution >= 4 is 17.3 Å². The quantitative estimate of drug-likeness (QED) is 0.867. The molecule has 1 aromatic heterocycles. The Labute approximate surface area is 138 Å². The van der Waals surface area contributed by atoms with Crippen molar-refractivity contribution in [1.82, 2.24) is 9.88 Å². The van der Waals surface area contributed by atoms with Crippen molar-refractivity contribution in [3.05, 3.63) is 35.3 Å². The van der Waals surface area contributed by atoms with E-state index in [-0.39, 0.29) is 0 Å². The van der Waals surface area contributed by atoms with Gasteiger partial charge >= 0.3 is 5.97 Å². The number of aromatic nitrogens is 1. The molecule has 0 radical (unpaired) electrons. The zero-order chi connectivity index (χ0) is 16.4. The molecule has 0 spiro atoms. The van der Waals surface area contributed by atoms with Crippen LogP contribution in [0.2, 0.25) is 0 Å². The largest absolute Gasteiger partial charge is 0.497 e. The van der Waals surface area contributed by atoms with Gasteiger partial charge in [0.1, 0.15) is 16.3 Å². The number of methoxy groups -OCH3 is 1. The minimum Gasteiger partial charge on any atom is -0.497 e. The summed E-state index contributed by atoms with van der Waals surface area (Å²) >= 11 is 1.60. The predicted molar refractivity (Wildman–Crippen MR) is 88.6 cm³/mol. The molecule has 23 heavy (non-hydrogen) atoms. The number of hydrogen-bond donors (Lipinski definition) is 2. The maximum atomic E-state index is 11.2. The fourth-order valence-corrected chi connectivity index (χ4v) is 3.67. The topological polar surface area (TPSA) is 88.7 Å². The zero-order valence-corrected chi connectivity index (χ0v) is 13.7. The van der Waals surface area contributed by atoms with Crippen LogP contribution in [0.4, 0.5) is 0 Å². The lowest BCUT2D eigenvalue weighted by Crippen LogP contribution is -2.49. The third kappa shape index (κ3) is 3.36. The molecule has 122 valence electrons. The molecule has 0 amide bonds. The van der Waals surface area contributed by atoms with Crippen molar-refractivity contribution in [2.75, 3.05) is 20.2 Å². The molecule has 1 atom stereocenters. The third-order valence-electron chi connectivity index (χ3n) is 4.06. The van der Waals surface area contributed by atoms with Crippen molar-refractivity contribution in [3.63, 3.8) is 0 Å². The number of thiazole rings is 1. The Kier molecular flexibility index (Phi) is 4.34. The number of carboxylic acid groups (broad SMARTS) is 1. The van der Waals surface area contributed by atoms with Gasteiger partial charge in [-0.15, -0.1) is 11.3 Å². The van der Waals surface area contributed by atoms with Crippen molar-refractivity contribution in [1.29, 1.82) is 0 Å². The summed E-state index contributed by atoms with van der Waals surface area (Å²) in [7, 11) is 1.64. The Morgan fingerprint density at radius 3 is 3.09 bits per heavy atom. The molecule has 3 rings (SSSR count). The van der Waals surface area contributed by atoms with E-state index in [0.717, 1.165) is 21.2 Å². The number of nitrogens with two attached hydrogens (primary N) is 1. The van der Waals surface area contributed by atoms with Gasteiger partial charge in [-0.05, 0) is 18.6 Å². The van der Waals surface area contributed by atoms with Gasteiger partial charge in [-0.25, -0.2) is 4.98 Å². The predicted octanol–water partition coefficient (Wildman–Crippen LogP) is 1.81. The van der Waals surface area contributed by atoms with E-state index in [4.69, 9.17) is 10.5 Å². The van der Waals surface area contributed by atoms with Crippen LogP contribution in [0.3, 0.4) is 0 Å². The van der Waals surface area contributed by atoms with Gasteiger partial charge in [0.15, 0.2) is 0 Å². The van der Waals surface area contributed by atoms with Crippen LogP contribution in [-0.4, -0.2) is 46.7 Å². The first-order valence-electron chi connectivity index (χ1n) is 7.34. The normalized spacial score (nSPS) is 21.5. The van der Waals surface area contributed by atoms with E-state index in [0.29, 0.717) is 26.1 Å². The average Bonchev–Trinajstić information content (AvgIpc) is 3.16. The van der Waals surface area contributed by atoms with Crippen molar-refractivity contribution in [3.8, 4) is 16.3 Å². The maximum Gasteiger partial charge on any atom is 0.325 e. The third-order valence-corrected chi connectivity index (χ3v) is 5.09. The molecule has 7 heteroatoms. The van der Waals surface area contributed by atoms with Crippen LogP contribution >= 0.6 is 11.3 Å². The van der Waals surface area contributed by atoms with E-state index < -0.39 is 11.5 Å². The summed E-state index contributed by atoms with van der Waals surface area (Å²) in [5, 5.41) is 10.1. The fraction of sp³-hybridized carbons (Fsp3) is 0.375. The molecule has 0 unspecified atom stereocenters. The van der Waals surface area contributed by atoms with E-state index in [1.165, 1.54) is 0 Å². The maximum absolute atomic E-state index is 11.2. The highest BCUT2D eigenvalue weighted by molar-refractivity contribution is 7.15. The number of nitrogens with zero attached hydrogens (tertiary/aromatic N) is 2. The van der Waals surface area contributed by atoms with Gasteiger partial charge in [0.25, 0.3) is 0 Å². The second kappa shape index (κ2) is 6.27. The Morgan fingerprint density at radius 2 is 2.39 bits per heavy atom. The molecule has 0 bridgehead atoms. The van der Waals surface area contributed by atoms with Crippen LogP contribution < -0.4 is 10.5 Å². The molecule has 0 aliphatic carbocycles. The van der Waals surface area contributed by atoms with Gasteiger partial charge in [0, 0.05) is 36.3 Å². The Morgan fingerprint density at radius 1 is 1.57 bits per heavy atom. The smallest absolute Gasteiger partial charge is 0.325 e. The first-order chi connectivity index (χ1) is 11.0. The number of benzene rings is 1. The molecule has 2 heterocycles. The lowest BCUT2D eigenvalue weighted by atomic mass is 10.0. The molecule has 1 aromatic carbocycles. The molecule has 0 saturated carbocycles. The fourth-order valence-electron chi connectivity index (χ4n) is 2.71. The lowest BCUT2D eigenvalue weighted by molar-refractivity contribution is -0.142. The zero-order valence-electron chi connectivity index (χ0n) is 12.9. The Hall–Kier alpha value is -1.96. The summed E-state index contributed by atoms with van der Waals surface area (Å²) in [6.07, 6.45) is 2.32. The number of aliphatic carboxylic acids is 1. The lowest BCUT2D eigenvalue weighted by Gasteiger charge is -2.19. The van der Waals surface area contributed by atoms with Crippen LogP contribution in [0.15, 0.2) is 30.5 Å². The molecule has 2 aromatic rings. The number of hydrogen-bond acceptors (Lipinski definition) is 6. The van der Waals surface area contributed by atoms with Gasteiger partial charge in [-0.2, -0.15) is 0 Å². The van der Waals surface area contributed by atoms with Gasteiger partial charge in [0.2, 0.25) is 0 Å². The number of carboxylic acids is 1. The average molecular weight is 333 g/mol. The monoisotopic (exact) mass is 333 g/mol. The van der Waals surface area contributed by atoms with Gasteiger partial charge in [-0.1, -0.05) is 12.1 Å². The molecule has 1 saturated heterocycles. The summed E-state index contributed by atoms with van der Waals surface area (Å²) in [6.45, 7) is 1.73. The van der Waals surface area contributed by atoms with Crippen molar-refractivity contribution in [2.45, 2.75) is 18.5 Å². The first kappa shape index (κ1) is 15.9. The number of rotatable bonds is 5. The van der Waals surface area contributed by atoms with Crippen LogP contribution in [-0.2, 0) is 11.3 Å². The number of likely N-dealkylation sites (tertiary alicyclic amines) is 1. The van der Waals surface area contributed by atoms with E-state index >= 15 is 0 Å². The van der Waals surface area contributed by atoms with E-state index in [1.807, 2.05) is 30.5 Å². The van der Waals surface area contributed by atoms with Gasteiger partial charge in [0.05, 0.1) is 7.11 Å². The Balaban J connectivity index is 1.69. The Bertz CT molecular complexity index is 718. The highest BCUT2D eigenvalue weighted by Gasteiger charge is 2.41. The molecule has 1 fully saturated rings. The summed E-state index contributed by atoms with van der Waals surface area (Å²) in [6, 6.07) is 7.78. The standard InChI is InChI=1S/C16H19N3O3S/c1-22-12-4-2-3-11(7-12)14-18-8-13(23-14)9-19-6-5-16(17,10-19)15(20)21/h2-4,7-8H,5-6,9-10,17H2,1H3,(H,20,21)/t16-/m0/s1. The van der Waals surface area contributed by atoms with Gasteiger partial charge < -0.3 is 15.6 Å². The summed E-state index contributed by atoms with van der Waals surface area (Å²) < 4.78 is 5.24. The summed E-state index contributed by atoms with van der Waals surface area (Å²) in [5.41, 5.74) is 5.80. The first-order valence-corrected chi connectivity index (χ1v) is 8.15. The minimum atomic E-state index is -1.12. The molecule has 6 nitrogen and oxygen atoms in total. The summed E-state index contributed by atoms with van der Waals surface area (Å²) in [5.74, 6) is -0.130. The summed E-state index contributed by atoms with van der Waals surface area (Å²) in [4.78, 5) is 18.8. The second-order valence-corrected chi connectivity index (χ2v) is 6.90. The van der Waals surface area contributed by atoms with Gasteiger partial charge in [-0.3, -0.25) is 9.69 Å². The molecule has 3 N–H and O–H groups in total. The molecular formula is C16H19N3O3S. The van der Waals surface area contributed by atoms with Crippen molar-refractivity contribution in [2.24, 2.45) is 5.73 Å². The van der Waals surface area contributed by atoms with Crippen LogP contribution in [0, 0.1) is 0 Å².